The molecule has 2 rings (SSSR count). The topological polar surface area (TPSA) is 76.1 Å². The van der Waals surface area contributed by atoms with Gasteiger partial charge >= 0.3 is 0 Å². The third-order valence-electron chi connectivity index (χ3n) is 2.36. The van der Waals surface area contributed by atoms with Gasteiger partial charge in [0.05, 0.1) is 38.0 Å². The van der Waals surface area contributed by atoms with E-state index in [-0.39, 0.29) is 24.8 Å². The van der Waals surface area contributed by atoms with E-state index in [0.29, 0.717) is 13.1 Å². The molecule has 2 aromatic rings. The van der Waals surface area contributed by atoms with Crippen molar-refractivity contribution in [3.63, 3.8) is 0 Å². The third-order valence-corrected chi connectivity index (χ3v) is 2.36. The molecule has 0 saturated heterocycles. The summed E-state index contributed by atoms with van der Waals surface area (Å²) in [6.45, 7) is 0.658. The van der Waals surface area contributed by atoms with E-state index in [1.54, 1.807) is 46.6 Å². The molecule has 18 heavy (non-hydrogen) atoms. The first-order valence-corrected chi connectivity index (χ1v) is 5.03. The Balaban J connectivity index is 0.00000144. The predicted octanol–water partition coefficient (Wildman–Crippen LogP) is 0.345. The number of hydrogen-bond donors (Lipinski definition) is 2. The van der Waals surface area contributed by atoms with Crippen LogP contribution in [-0.4, -0.2) is 41.5 Å². The summed E-state index contributed by atoms with van der Waals surface area (Å²) in [6, 6.07) is 0. The van der Waals surface area contributed by atoms with E-state index in [1.807, 2.05) is 0 Å². The molecule has 0 saturated carbocycles. The molecule has 2 heterocycles. The molecule has 0 radical (unpaired) electrons. The number of nitrogens with zero attached hydrogens (tertiary/aromatic N) is 4. The lowest BCUT2D eigenvalue weighted by Crippen LogP contribution is -2.33. The van der Waals surface area contributed by atoms with Gasteiger partial charge in [0.2, 0.25) is 0 Å². The van der Waals surface area contributed by atoms with Gasteiger partial charge in [0.25, 0.3) is 0 Å². The van der Waals surface area contributed by atoms with Crippen molar-refractivity contribution in [3.8, 4) is 0 Å². The Labute approximate surface area is 117 Å². The zero-order valence-corrected chi connectivity index (χ0v) is 11.2. The maximum Gasteiger partial charge on any atom is 0.0995 e. The van der Waals surface area contributed by atoms with Crippen LogP contribution in [0.15, 0.2) is 37.4 Å². The summed E-state index contributed by atoms with van der Waals surface area (Å²) in [6.07, 6.45) is 8.32. The van der Waals surface area contributed by atoms with Gasteiger partial charge < -0.3 is 19.3 Å². The molecular weight excluding hydrogens is 279 g/mol. The van der Waals surface area contributed by atoms with Crippen LogP contribution in [0.1, 0.15) is 0 Å². The Kier molecular flexibility index (Phi) is 7.61. The van der Waals surface area contributed by atoms with Crippen molar-refractivity contribution in [2.24, 2.45) is 0 Å². The zero-order chi connectivity index (χ0) is 11.4. The number of aromatic nitrogens is 4. The summed E-state index contributed by atoms with van der Waals surface area (Å²) in [5.74, 6) is 0. The first kappa shape index (κ1) is 16.9. The molecule has 0 amide bonds. The third kappa shape index (κ3) is 4.66. The van der Waals surface area contributed by atoms with Crippen LogP contribution in [-0.2, 0) is 13.1 Å². The SMILES string of the molecule is Cl.Cl.O[C@@H](Cn1ccnc1)[C@@H](O)Cn1ccnc1. The minimum Gasteiger partial charge on any atom is -0.388 e. The minimum atomic E-state index is -0.823. The average molecular weight is 295 g/mol. The van der Waals surface area contributed by atoms with Crippen LogP contribution < -0.4 is 0 Å². The molecule has 0 aromatic carbocycles. The number of aliphatic hydroxyl groups excluding tert-OH is 2. The van der Waals surface area contributed by atoms with Crippen molar-refractivity contribution in [1.82, 2.24) is 19.1 Å². The number of halogens is 2. The van der Waals surface area contributed by atoms with Gasteiger partial charge in [0.15, 0.2) is 0 Å². The summed E-state index contributed by atoms with van der Waals surface area (Å²) >= 11 is 0. The molecular formula is C10H16Cl2N4O2. The molecule has 8 heteroatoms. The maximum atomic E-state index is 9.76. The first-order valence-electron chi connectivity index (χ1n) is 5.03. The molecule has 6 nitrogen and oxygen atoms in total. The van der Waals surface area contributed by atoms with Crippen molar-refractivity contribution >= 4 is 24.8 Å². The van der Waals surface area contributed by atoms with E-state index in [1.165, 1.54) is 0 Å². The Morgan fingerprint density at radius 2 is 1.22 bits per heavy atom. The molecule has 2 atom stereocenters. The van der Waals surface area contributed by atoms with Gasteiger partial charge in [-0.25, -0.2) is 9.97 Å². The summed E-state index contributed by atoms with van der Waals surface area (Å²) in [5.41, 5.74) is 0. The van der Waals surface area contributed by atoms with Crippen molar-refractivity contribution in [2.75, 3.05) is 0 Å². The lowest BCUT2D eigenvalue weighted by Gasteiger charge is -2.18. The molecule has 0 aliphatic rings. The number of rotatable bonds is 5. The van der Waals surface area contributed by atoms with E-state index < -0.39 is 12.2 Å². The fourth-order valence-corrected chi connectivity index (χ4v) is 1.46. The summed E-state index contributed by atoms with van der Waals surface area (Å²) in [7, 11) is 0. The Morgan fingerprint density at radius 3 is 1.50 bits per heavy atom. The number of aliphatic hydroxyl groups is 2. The molecule has 0 spiro atoms. The summed E-state index contributed by atoms with van der Waals surface area (Å²) in [5, 5.41) is 19.5. The monoisotopic (exact) mass is 294 g/mol. The fraction of sp³-hybridized carbons (Fsp3) is 0.400. The number of hydrogen-bond acceptors (Lipinski definition) is 4. The van der Waals surface area contributed by atoms with Crippen molar-refractivity contribution in [2.45, 2.75) is 25.3 Å². The summed E-state index contributed by atoms with van der Waals surface area (Å²) in [4.78, 5) is 7.73. The minimum absolute atomic E-state index is 0. The molecule has 0 aliphatic heterocycles. The maximum absolute atomic E-state index is 9.76. The smallest absolute Gasteiger partial charge is 0.0995 e. The molecule has 2 aromatic heterocycles. The predicted molar refractivity (Wildman–Crippen MR) is 71.0 cm³/mol. The van der Waals surface area contributed by atoms with Gasteiger partial charge in [-0.2, -0.15) is 0 Å². The van der Waals surface area contributed by atoms with Crippen LogP contribution in [0.2, 0.25) is 0 Å². The van der Waals surface area contributed by atoms with Gasteiger partial charge in [0, 0.05) is 24.8 Å². The second-order valence-electron chi connectivity index (χ2n) is 3.65. The van der Waals surface area contributed by atoms with Crippen LogP contribution in [0, 0.1) is 0 Å². The van der Waals surface area contributed by atoms with Crippen molar-refractivity contribution < 1.29 is 10.2 Å². The lowest BCUT2D eigenvalue weighted by molar-refractivity contribution is -0.0000291. The van der Waals surface area contributed by atoms with Gasteiger partial charge in [0.1, 0.15) is 0 Å². The van der Waals surface area contributed by atoms with Gasteiger partial charge in [-0.1, -0.05) is 0 Å². The highest BCUT2D eigenvalue weighted by molar-refractivity contribution is 5.85. The van der Waals surface area contributed by atoms with Gasteiger partial charge in [-0.05, 0) is 0 Å². The molecule has 0 aliphatic carbocycles. The van der Waals surface area contributed by atoms with Crippen LogP contribution >= 0.6 is 24.8 Å². The van der Waals surface area contributed by atoms with Crippen LogP contribution in [0.5, 0.6) is 0 Å². The highest BCUT2D eigenvalue weighted by Gasteiger charge is 2.16. The van der Waals surface area contributed by atoms with Crippen molar-refractivity contribution in [3.05, 3.63) is 37.4 Å². The van der Waals surface area contributed by atoms with E-state index in [2.05, 4.69) is 9.97 Å². The molecule has 0 bridgehead atoms. The molecule has 2 N–H and O–H groups in total. The average Bonchev–Trinajstić information content (AvgIpc) is 2.90. The normalized spacial score (nSPS) is 13.2. The Hall–Kier alpha value is -1.08. The summed E-state index contributed by atoms with van der Waals surface area (Å²) < 4.78 is 3.45. The highest BCUT2D eigenvalue weighted by Crippen LogP contribution is 2.01. The molecule has 102 valence electrons. The lowest BCUT2D eigenvalue weighted by atomic mass is 10.2. The van der Waals surface area contributed by atoms with Crippen molar-refractivity contribution in [1.29, 1.82) is 0 Å². The van der Waals surface area contributed by atoms with Crippen LogP contribution in [0.25, 0.3) is 0 Å². The van der Waals surface area contributed by atoms with Gasteiger partial charge in [-0.15, -0.1) is 24.8 Å². The standard InChI is InChI=1S/C10H14N4O2.2ClH/c15-9(5-13-3-1-11-7-13)10(16)6-14-4-2-12-8-14;;/h1-4,7-10,15-16H,5-6H2;2*1H/t9-,10-;;/m0../s1. The van der Waals surface area contributed by atoms with Crippen LogP contribution in [0.3, 0.4) is 0 Å². The fourth-order valence-electron chi connectivity index (χ4n) is 1.46. The van der Waals surface area contributed by atoms with E-state index in [4.69, 9.17) is 0 Å². The second-order valence-corrected chi connectivity index (χ2v) is 3.65. The second kappa shape index (κ2) is 8.10. The van der Waals surface area contributed by atoms with Crippen LogP contribution in [0.4, 0.5) is 0 Å². The van der Waals surface area contributed by atoms with E-state index in [9.17, 15) is 10.2 Å². The first-order chi connectivity index (χ1) is 7.75. The largest absolute Gasteiger partial charge is 0.388 e. The highest BCUT2D eigenvalue weighted by atomic mass is 35.5. The van der Waals surface area contributed by atoms with E-state index >= 15 is 0 Å². The Bertz CT molecular complexity index is 367. The van der Waals surface area contributed by atoms with E-state index in [0.717, 1.165) is 0 Å². The zero-order valence-electron chi connectivity index (χ0n) is 9.53. The molecule has 0 unspecified atom stereocenters. The molecule has 0 fully saturated rings. The quantitative estimate of drug-likeness (QED) is 0.834. The Morgan fingerprint density at radius 1 is 0.833 bits per heavy atom. The number of imidazole rings is 2. The van der Waals surface area contributed by atoms with Gasteiger partial charge in [-0.3, -0.25) is 0 Å².